The van der Waals surface area contributed by atoms with Gasteiger partial charge in [-0.05, 0) is 24.4 Å². The van der Waals surface area contributed by atoms with Crippen molar-refractivity contribution in [3.05, 3.63) is 35.9 Å². The van der Waals surface area contributed by atoms with Crippen molar-refractivity contribution in [1.29, 1.82) is 0 Å². The Morgan fingerprint density at radius 3 is 2.44 bits per heavy atom. The summed E-state index contributed by atoms with van der Waals surface area (Å²) in [6.07, 6.45) is 1.02. The summed E-state index contributed by atoms with van der Waals surface area (Å²) in [7, 11) is -2.83. The van der Waals surface area contributed by atoms with Crippen LogP contribution in [0.25, 0.3) is 0 Å². The van der Waals surface area contributed by atoms with Crippen LogP contribution in [0.5, 0.6) is 0 Å². The van der Waals surface area contributed by atoms with E-state index in [4.69, 9.17) is 0 Å². The van der Waals surface area contributed by atoms with Crippen molar-refractivity contribution in [2.75, 3.05) is 24.6 Å². The Hall–Kier alpha value is -0.870. The summed E-state index contributed by atoms with van der Waals surface area (Å²) in [5.41, 5.74) is 1.33. The number of benzene rings is 1. The molecule has 4 heteroatoms. The predicted molar refractivity (Wildman–Crippen MR) is 76.7 cm³/mol. The monoisotopic (exact) mass is 269 g/mol. The molecule has 102 valence electrons. The summed E-state index contributed by atoms with van der Waals surface area (Å²) in [6.45, 7) is 5.29. The van der Waals surface area contributed by atoms with Gasteiger partial charge in [-0.25, -0.2) is 8.42 Å². The third-order valence-electron chi connectivity index (χ3n) is 3.15. The number of rotatable bonds is 8. The maximum atomic E-state index is 11.3. The van der Waals surface area contributed by atoms with Crippen LogP contribution in [0, 0.1) is 0 Å². The second kappa shape index (κ2) is 7.54. The number of nitrogens with one attached hydrogen (secondary N) is 1. The van der Waals surface area contributed by atoms with Crippen LogP contribution in [-0.2, 0) is 9.84 Å². The molecule has 0 radical (unpaired) electrons. The minimum atomic E-state index is -2.83. The Labute approximate surface area is 111 Å². The predicted octanol–water partition coefficient (Wildman–Crippen LogP) is 2.20. The largest absolute Gasteiger partial charge is 0.316 e. The minimum Gasteiger partial charge on any atom is -0.316 e. The van der Waals surface area contributed by atoms with Gasteiger partial charge < -0.3 is 5.32 Å². The molecule has 18 heavy (non-hydrogen) atoms. The first-order valence-corrected chi connectivity index (χ1v) is 8.33. The maximum absolute atomic E-state index is 11.3. The van der Waals surface area contributed by atoms with Gasteiger partial charge in [0.05, 0.1) is 5.75 Å². The smallest absolute Gasteiger partial charge is 0.151 e. The Morgan fingerprint density at radius 2 is 1.83 bits per heavy atom. The van der Waals surface area contributed by atoms with Crippen LogP contribution in [0.15, 0.2) is 30.3 Å². The van der Waals surface area contributed by atoms with E-state index in [1.807, 2.05) is 18.2 Å². The van der Waals surface area contributed by atoms with Gasteiger partial charge in [-0.2, -0.15) is 0 Å². The SMILES string of the molecule is CCS(=O)(=O)CCNCCC(C)c1ccccc1. The lowest BCUT2D eigenvalue weighted by atomic mass is 9.98. The van der Waals surface area contributed by atoms with E-state index in [0.29, 0.717) is 12.5 Å². The van der Waals surface area contributed by atoms with Gasteiger partial charge in [0.2, 0.25) is 0 Å². The molecule has 0 aliphatic carbocycles. The first kappa shape index (κ1) is 15.2. The lowest BCUT2D eigenvalue weighted by molar-refractivity contribution is 0.582. The third-order valence-corrected chi connectivity index (χ3v) is 4.86. The zero-order valence-electron chi connectivity index (χ0n) is 11.2. The van der Waals surface area contributed by atoms with Crippen molar-refractivity contribution >= 4 is 9.84 Å². The van der Waals surface area contributed by atoms with Crippen molar-refractivity contribution in [1.82, 2.24) is 5.32 Å². The van der Waals surface area contributed by atoms with Gasteiger partial charge in [-0.15, -0.1) is 0 Å². The van der Waals surface area contributed by atoms with E-state index >= 15 is 0 Å². The first-order chi connectivity index (χ1) is 8.55. The van der Waals surface area contributed by atoms with Gasteiger partial charge in [0, 0.05) is 12.3 Å². The van der Waals surface area contributed by atoms with Gasteiger partial charge in [0.15, 0.2) is 9.84 Å². The molecule has 1 aromatic carbocycles. The van der Waals surface area contributed by atoms with Crippen molar-refractivity contribution in [2.45, 2.75) is 26.2 Å². The molecule has 1 N–H and O–H groups in total. The van der Waals surface area contributed by atoms with Crippen LogP contribution in [0.2, 0.25) is 0 Å². The highest BCUT2D eigenvalue weighted by atomic mass is 32.2. The molecule has 1 aromatic rings. The van der Waals surface area contributed by atoms with E-state index < -0.39 is 9.84 Å². The molecule has 3 nitrogen and oxygen atoms in total. The van der Waals surface area contributed by atoms with E-state index in [2.05, 4.69) is 24.4 Å². The van der Waals surface area contributed by atoms with Gasteiger partial charge in [0.25, 0.3) is 0 Å². The van der Waals surface area contributed by atoms with E-state index in [-0.39, 0.29) is 11.5 Å². The molecule has 1 unspecified atom stereocenters. The van der Waals surface area contributed by atoms with Gasteiger partial charge in [0.1, 0.15) is 0 Å². The molecule has 0 saturated heterocycles. The summed E-state index contributed by atoms with van der Waals surface area (Å²) in [5.74, 6) is 0.972. The van der Waals surface area contributed by atoms with E-state index in [1.165, 1.54) is 5.56 Å². The molecule has 0 aromatic heterocycles. The molecule has 0 amide bonds. The highest BCUT2D eigenvalue weighted by Crippen LogP contribution is 2.17. The van der Waals surface area contributed by atoms with E-state index in [0.717, 1.165) is 13.0 Å². The maximum Gasteiger partial charge on any atom is 0.151 e. The van der Waals surface area contributed by atoms with Crippen molar-refractivity contribution in [3.63, 3.8) is 0 Å². The molecule has 0 aliphatic rings. The van der Waals surface area contributed by atoms with Crippen LogP contribution >= 0.6 is 0 Å². The van der Waals surface area contributed by atoms with Crippen LogP contribution in [-0.4, -0.2) is 33.0 Å². The topological polar surface area (TPSA) is 46.2 Å². The Kier molecular flexibility index (Phi) is 6.36. The minimum absolute atomic E-state index is 0.231. The van der Waals surface area contributed by atoms with Crippen LogP contribution in [0.3, 0.4) is 0 Å². The van der Waals surface area contributed by atoms with Crippen molar-refractivity contribution in [3.8, 4) is 0 Å². The van der Waals surface area contributed by atoms with Crippen LogP contribution < -0.4 is 5.32 Å². The fourth-order valence-corrected chi connectivity index (χ4v) is 2.51. The summed E-state index contributed by atoms with van der Waals surface area (Å²) >= 11 is 0. The van der Waals surface area contributed by atoms with Crippen molar-refractivity contribution in [2.24, 2.45) is 0 Å². The van der Waals surface area contributed by atoms with Crippen LogP contribution in [0.4, 0.5) is 0 Å². The lowest BCUT2D eigenvalue weighted by Gasteiger charge is -2.12. The summed E-state index contributed by atoms with van der Waals surface area (Å²) in [5, 5.41) is 3.20. The molecule has 0 heterocycles. The third kappa shape index (κ3) is 5.65. The molecular formula is C14H23NO2S. The fourth-order valence-electron chi connectivity index (χ4n) is 1.76. The van der Waals surface area contributed by atoms with Gasteiger partial charge in [-0.1, -0.05) is 44.2 Å². The fraction of sp³-hybridized carbons (Fsp3) is 0.571. The highest BCUT2D eigenvalue weighted by Gasteiger charge is 2.07. The standard InChI is InChI=1S/C14H23NO2S/c1-3-18(16,17)12-11-15-10-9-13(2)14-7-5-4-6-8-14/h4-8,13,15H,3,9-12H2,1-2H3. The normalized spacial score (nSPS) is 13.4. The zero-order chi connectivity index (χ0) is 13.4. The Morgan fingerprint density at radius 1 is 1.17 bits per heavy atom. The van der Waals surface area contributed by atoms with Gasteiger partial charge in [-0.3, -0.25) is 0 Å². The lowest BCUT2D eigenvalue weighted by Crippen LogP contribution is -2.25. The quantitative estimate of drug-likeness (QED) is 0.736. The average molecular weight is 269 g/mol. The number of hydrogen-bond donors (Lipinski definition) is 1. The average Bonchev–Trinajstić information content (AvgIpc) is 2.39. The van der Waals surface area contributed by atoms with Crippen LogP contribution in [0.1, 0.15) is 31.7 Å². The molecule has 1 atom stereocenters. The Bertz CT molecular complexity index is 428. The molecule has 0 fully saturated rings. The van der Waals surface area contributed by atoms with E-state index in [9.17, 15) is 8.42 Å². The zero-order valence-corrected chi connectivity index (χ0v) is 12.0. The molecule has 0 aliphatic heterocycles. The molecule has 0 bridgehead atoms. The summed E-state index contributed by atoms with van der Waals surface area (Å²) in [6, 6.07) is 10.4. The molecular weight excluding hydrogens is 246 g/mol. The first-order valence-electron chi connectivity index (χ1n) is 6.51. The molecule has 0 saturated carbocycles. The van der Waals surface area contributed by atoms with Gasteiger partial charge >= 0.3 is 0 Å². The molecule has 1 rings (SSSR count). The highest BCUT2D eigenvalue weighted by molar-refractivity contribution is 7.91. The second-order valence-electron chi connectivity index (χ2n) is 4.59. The Balaban J connectivity index is 2.19. The number of hydrogen-bond acceptors (Lipinski definition) is 3. The number of sulfone groups is 1. The second-order valence-corrected chi connectivity index (χ2v) is 7.06. The molecule has 0 spiro atoms. The summed E-state index contributed by atoms with van der Waals surface area (Å²) < 4.78 is 22.6. The summed E-state index contributed by atoms with van der Waals surface area (Å²) in [4.78, 5) is 0. The van der Waals surface area contributed by atoms with E-state index in [1.54, 1.807) is 6.92 Å². The van der Waals surface area contributed by atoms with Crippen molar-refractivity contribution < 1.29 is 8.42 Å².